The molecule has 1 aromatic carbocycles. The molecule has 0 aliphatic rings. The molecule has 0 N–H and O–H groups in total. The zero-order valence-electron chi connectivity index (χ0n) is 10.7. The number of rotatable bonds is 2. The minimum atomic E-state index is 0.833. The lowest BCUT2D eigenvalue weighted by Crippen LogP contribution is -2.02. The molecule has 3 rings (SSSR count). The van der Waals surface area contributed by atoms with Crippen LogP contribution in [0.15, 0.2) is 48.8 Å². The molecule has 0 saturated heterocycles. The van der Waals surface area contributed by atoms with Gasteiger partial charge in [0.05, 0.1) is 12.2 Å². The Hall–Kier alpha value is -2.09. The molecular formula is C16H16N2. The van der Waals surface area contributed by atoms with E-state index in [-0.39, 0.29) is 0 Å². The number of nitrogens with zero attached hydrogens (tertiary/aromatic N) is 2. The van der Waals surface area contributed by atoms with Gasteiger partial charge in [-0.15, -0.1) is 0 Å². The van der Waals surface area contributed by atoms with Gasteiger partial charge in [0.25, 0.3) is 0 Å². The number of hydrogen-bond donors (Lipinski definition) is 0. The van der Waals surface area contributed by atoms with Gasteiger partial charge in [0.1, 0.15) is 0 Å². The Bertz CT molecular complexity index is 695. The molecule has 0 fully saturated rings. The molecule has 18 heavy (non-hydrogen) atoms. The summed E-state index contributed by atoms with van der Waals surface area (Å²) < 4.78 is 2.25. The molecule has 0 aliphatic heterocycles. The van der Waals surface area contributed by atoms with E-state index in [1.54, 1.807) is 0 Å². The van der Waals surface area contributed by atoms with Crippen molar-refractivity contribution in [1.82, 2.24) is 9.55 Å². The molecule has 0 radical (unpaired) electrons. The average molecular weight is 236 g/mol. The fraction of sp³-hybridized carbons (Fsp3) is 0.188. The molecule has 2 aromatic heterocycles. The number of fused-ring (bicyclic) bond motifs is 1. The van der Waals surface area contributed by atoms with Crippen molar-refractivity contribution in [3.63, 3.8) is 0 Å². The molecule has 0 saturated carbocycles. The Kier molecular flexibility index (Phi) is 2.63. The molecule has 2 heteroatoms. The first-order valence-corrected chi connectivity index (χ1v) is 6.20. The van der Waals surface area contributed by atoms with Gasteiger partial charge in [-0.1, -0.05) is 17.7 Å². The van der Waals surface area contributed by atoms with Crippen molar-refractivity contribution in [3.8, 4) is 0 Å². The summed E-state index contributed by atoms with van der Waals surface area (Å²) in [6, 6.07) is 12.8. The van der Waals surface area contributed by atoms with Gasteiger partial charge in [-0.05, 0) is 49.1 Å². The van der Waals surface area contributed by atoms with Gasteiger partial charge in [0.2, 0.25) is 0 Å². The smallest absolute Gasteiger partial charge is 0.0651 e. The second-order valence-electron chi connectivity index (χ2n) is 4.77. The topological polar surface area (TPSA) is 17.8 Å². The van der Waals surface area contributed by atoms with Crippen LogP contribution in [0.25, 0.3) is 10.9 Å². The van der Waals surface area contributed by atoms with Gasteiger partial charge in [-0.2, -0.15) is 0 Å². The second-order valence-corrected chi connectivity index (χ2v) is 4.77. The van der Waals surface area contributed by atoms with E-state index in [9.17, 15) is 0 Å². The number of aryl methyl sites for hydroxylation is 2. The molecular weight excluding hydrogens is 220 g/mol. The van der Waals surface area contributed by atoms with E-state index in [1.165, 1.54) is 22.0 Å². The highest BCUT2D eigenvalue weighted by molar-refractivity contribution is 5.80. The van der Waals surface area contributed by atoms with Crippen molar-refractivity contribution in [2.45, 2.75) is 20.4 Å². The third-order valence-corrected chi connectivity index (χ3v) is 3.36. The van der Waals surface area contributed by atoms with Crippen LogP contribution in [-0.4, -0.2) is 9.55 Å². The van der Waals surface area contributed by atoms with E-state index in [0.717, 1.165) is 12.2 Å². The first kappa shape index (κ1) is 11.0. The van der Waals surface area contributed by atoms with Crippen molar-refractivity contribution in [1.29, 1.82) is 0 Å². The molecule has 2 heterocycles. The lowest BCUT2D eigenvalue weighted by atomic mass is 10.2. The summed E-state index contributed by atoms with van der Waals surface area (Å²) in [7, 11) is 0. The molecule has 0 spiro atoms. The van der Waals surface area contributed by atoms with Crippen LogP contribution in [0.3, 0.4) is 0 Å². The lowest BCUT2D eigenvalue weighted by Gasteiger charge is -2.07. The predicted octanol–water partition coefficient (Wildman–Crippen LogP) is 3.70. The Labute approximate surface area is 107 Å². The molecule has 0 atom stereocenters. The molecule has 90 valence electrons. The van der Waals surface area contributed by atoms with Crippen LogP contribution in [0, 0.1) is 13.8 Å². The zero-order chi connectivity index (χ0) is 12.5. The van der Waals surface area contributed by atoms with Crippen LogP contribution in [0.1, 0.15) is 16.8 Å². The van der Waals surface area contributed by atoms with E-state index in [4.69, 9.17) is 0 Å². The summed E-state index contributed by atoms with van der Waals surface area (Å²) >= 11 is 0. The molecule has 3 aromatic rings. The maximum absolute atomic E-state index is 4.46. The standard InChI is InChI=1S/C16H16N2/c1-12-5-6-16-14(10-12)7-9-18(16)11-15-13(2)4-3-8-17-15/h3-10H,11H2,1-2H3. The van der Waals surface area contributed by atoms with E-state index in [0.29, 0.717) is 0 Å². The molecule has 0 aliphatic carbocycles. The molecule has 0 bridgehead atoms. The fourth-order valence-corrected chi connectivity index (χ4v) is 2.30. The highest BCUT2D eigenvalue weighted by atomic mass is 15.0. The second kappa shape index (κ2) is 4.30. The number of aromatic nitrogens is 2. The monoisotopic (exact) mass is 236 g/mol. The summed E-state index contributed by atoms with van der Waals surface area (Å²) in [5.74, 6) is 0. The van der Waals surface area contributed by atoms with E-state index in [1.807, 2.05) is 12.3 Å². The van der Waals surface area contributed by atoms with Gasteiger partial charge in [-0.3, -0.25) is 4.98 Å². The minimum Gasteiger partial charge on any atom is -0.341 e. The highest BCUT2D eigenvalue weighted by Crippen LogP contribution is 2.19. The maximum atomic E-state index is 4.46. The zero-order valence-corrected chi connectivity index (χ0v) is 10.7. The van der Waals surface area contributed by atoms with Crippen LogP contribution >= 0.6 is 0 Å². The minimum absolute atomic E-state index is 0.833. The van der Waals surface area contributed by atoms with Crippen molar-refractivity contribution in [2.24, 2.45) is 0 Å². The normalized spacial score (nSPS) is 11.0. The van der Waals surface area contributed by atoms with Gasteiger partial charge >= 0.3 is 0 Å². The van der Waals surface area contributed by atoms with Crippen molar-refractivity contribution >= 4 is 10.9 Å². The van der Waals surface area contributed by atoms with E-state index >= 15 is 0 Å². The summed E-state index contributed by atoms with van der Waals surface area (Å²) in [6.45, 7) is 5.07. The third-order valence-electron chi connectivity index (χ3n) is 3.36. The highest BCUT2D eigenvalue weighted by Gasteiger charge is 2.04. The number of pyridine rings is 1. The number of benzene rings is 1. The van der Waals surface area contributed by atoms with Crippen LogP contribution in [0.5, 0.6) is 0 Å². The number of hydrogen-bond acceptors (Lipinski definition) is 1. The lowest BCUT2D eigenvalue weighted by molar-refractivity contribution is 0.799. The quantitative estimate of drug-likeness (QED) is 0.663. The predicted molar refractivity (Wildman–Crippen MR) is 74.8 cm³/mol. The van der Waals surface area contributed by atoms with Gasteiger partial charge in [-0.25, -0.2) is 0 Å². The summed E-state index contributed by atoms with van der Waals surface area (Å²) in [4.78, 5) is 4.46. The van der Waals surface area contributed by atoms with Crippen LogP contribution in [-0.2, 0) is 6.54 Å². The van der Waals surface area contributed by atoms with Crippen molar-refractivity contribution in [2.75, 3.05) is 0 Å². The summed E-state index contributed by atoms with van der Waals surface area (Å²) in [5.41, 5.74) is 4.95. The summed E-state index contributed by atoms with van der Waals surface area (Å²) in [5, 5.41) is 1.29. The van der Waals surface area contributed by atoms with Gasteiger partial charge in [0, 0.05) is 17.9 Å². The van der Waals surface area contributed by atoms with Crippen LogP contribution in [0.2, 0.25) is 0 Å². The Morgan fingerprint density at radius 3 is 2.83 bits per heavy atom. The Balaban J connectivity index is 2.03. The fourth-order valence-electron chi connectivity index (χ4n) is 2.30. The summed E-state index contributed by atoms with van der Waals surface area (Å²) in [6.07, 6.45) is 4.00. The van der Waals surface area contributed by atoms with Crippen molar-refractivity contribution in [3.05, 3.63) is 65.6 Å². The average Bonchev–Trinajstić information content (AvgIpc) is 2.74. The van der Waals surface area contributed by atoms with Gasteiger partial charge in [0.15, 0.2) is 0 Å². The van der Waals surface area contributed by atoms with Gasteiger partial charge < -0.3 is 4.57 Å². The molecule has 2 nitrogen and oxygen atoms in total. The Morgan fingerprint density at radius 2 is 2.00 bits per heavy atom. The molecule has 0 amide bonds. The third kappa shape index (κ3) is 1.90. The Morgan fingerprint density at radius 1 is 1.11 bits per heavy atom. The largest absolute Gasteiger partial charge is 0.341 e. The molecule has 0 unspecified atom stereocenters. The van der Waals surface area contributed by atoms with Crippen molar-refractivity contribution < 1.29 is 0 Å². The maximum Gasteiger partial charge on any atom is 0.0651 e. The van der Waals surface area contributed by atoms with Crippen LogP contribution in [0.4, 0.5) is 0 Å². The van der Waals surface area contributed by atoms with E-state index < -0.39 is 0 Å². The first-order valence-electron chi connectivity index (χ1n) is 6.20. The SMILES string of the molecule is Cc1ccc2c(ccn2Cc2ncccc2C)c1. The van der Waals surface area contributed by atoms with Crippen LogP contribution < -0.4 is 0 Å². The first-order chi connectivity index (χ1) is 8.74. The van der Waals surface area contributed by atoms with E-state index in [2.05, 4.69) is 59.9 Å².